The van der Waals surface area contributed by atoms with Crippen LogP contribution in [0.1, 0.15) is 27.0 Å². The minimum atomic E-state index is -1.12. The number of nitrogens with zero attached hydrogens (tertiary/aromatic N) is 1. The standard InChI is InChI=1S/C25H21FN2O5/c1-15(26)24(31)27-20-9-5-8-17-12-28(13-19(17)20)25(32)23-21(30)10-18(29)11-22(23)33-14-16-6-3-2-4-7-16/h2-11,29-30H,1,12-14H2,(H,27,31). The van der Waals surface area contributed by atoms with E-state index in [0.29, 0.717) is 11.3 Å². The van der Waals surface area contributed by atoms with Gasteiger partial charge in [-0.2, -0.15) is 0 Å². The van der Waals surface area contributed by atoms with Gasteiger partial charge in [0.2, 0.25) is 0 Å². The Morgan fingerprint density at radius 3 is 2.55 bits per heavy atom. The maximum Gasteiger partial charge on any atom is 0.283 e. The van der Waals surface area contributed by atoms with E-state index in [4.69, 9.17) is 4.74 Å². The number of nitrogens with one attached hydrogen (secondary N) is 1. The van der Waals surface area contributed by atoms with E-state index in [-0.39, 0.29) is 36.8 Å². The molecule has 1 aliphatic heterocycles. The Labute approximate surface area is 189 Å². The summed E-state index contributed by atoms with van der Waals surface area (Å²) in [5.41, 5.74) is 2.57. The maximum absolute atomic E-state index is 13.4. The van der Waals surface area contributed by atoms with Crippen LogP contribution in [0, 0.1) is 0 Å². The number of halogens is 1. The first-order valence-electron chi connectivity index (χ1n) is 10.1. The molecule has 0 radical (unpaired) electrons. The van der Waals surface area contributed by atoms with Crippen molar-refractivity contribution in [3.63, 3.8) is 0 Å². The van der Waals surface area contributed by atoms with Crippen LogP contribution < -0.4 is 10.1 Å². The molecular formula is C25H21FN2O5. The van der Waals surface area contributed by atoms with E-state index in [1.54, 1.807) is 18.2 Å². The summed E-state index contributed by atoms with van der Waals surface area (Å²) in [5.74, 6) is -3.21. The third-order valence-corrected chi connectivity index (χ3v) is 5.28. The van der Waals surface area contributed by atoms with Crippen LogP contribution >= 0.6 is 0 Å². The average Bonchev–Trinajstić information content (AvgIpc) is 3.23. The third-order valence-electron chi connectivity index (χ3n) is 5.28. The lowest BCUT2D eigenvalue weighted by Crippen LogP contribution is -2.26. The second-order valence-electron chi connectivity index (χ2n) is 7.58. The molecular weight excluding hydrogens is 427 g/mol. The fraction of sp³-hybridized carbons (Fsp3) is 0.120. The number of rotatable bonds is 6. The minimum Gasteiger partial charge on any atom is -0.508 e. The first-order chi connectivity index (χ1) is 15.8. The van der Waals surface area contributed by atoms with Crippen LogP contribution in [0.25, 0.3) is 0 Å². The summed E-state index contributed by atoms with van der Waals surface area (Å²) in [7, 11) is 0. The van der Waals surface area contributed by atoms with Crippen LogP contribution in [0.5, 0.6) is 17.2 Å². The molecule has 4 rings (SSSR count). The van der Waals surface area contributed by atoms with Gasteiger partial charge in [0.05, 0.1) is 0 Å². The summed E-state index contributed by atoms with van der Waals surface area (Å²) >= 11 is 0. The molecule has 168 valence electrons. The van der Waals surface area contributed by atoms with Gasteiger partial charge < -0.3 is 25.2 Å². The van der Waals surface area contributed by atoms with E-state index < -0.39 is 23.4 Å². The molecule has 0 fully saturated rings. The van der Waals surface area contributed by atoms with E-state index >= 15 is 0 Å². The molecule has 0 unspecified atom stereocenters. The van der Waals surface area contributed by atoms with Crippen molar-refractivity contribution in [3.8, 4) is 17.2 Å². The lowest BCUT2D eigenvalue weighted by Gasteiger charge is -2.19. The van der Waals surface area contributed by atoms with Gasteiger partial charge in [-0.3, -0.25) is 9.59 Å². The predicted octanol–water partition coefficient (Wildman–Crippen LogP) is 4.25. The van der Waals surface area contributed by atoms with Crippen molar-refractivity contribution in [2.75, 3.05) is 5.32 Å². The molecule has 3 aromatic carbocycles. The Balaban J connectivity index is 1.59. The first-order valence-corrected chi connectivity index (χ1v) is 10.1. The number of hydrogen-bond acceptors (Lipinski definition) is 5. The van der Waals surface area contributed by atoms with Gasteiger partial charge in [-0.25, -0.2) is 4.39 Å². The summed E-state index contributed by atoms with van der Waals surface area (Å²) in [6, 6.07) is 16.7. The minimum absolute atomic E-state index is 0.0413. The van der Waals surface area contributed by atoms with Crippen molar-refractivity contribution in [2.45, 2.75) is 19.7 Å². The van der Waals surface area contributed by atoms with E-state index in [1.807, 2.05) is 30.3 Å². The fourth-order valence-electron chi connectivity index (χ4n) is 3.68. The SMILES string of the molecule is C=C(F)C(=O)Nc1cccc2c1CN(C(=O)c1c(O)cc(O)cc1OCc1ccccc1)C2. The highest BCUT2D eigenvalue weighted by atomic mass is 19.1. The molecule has 7 nitrogen and oxygen atoms in total. The van der Waals surface area contributed by atoms with Crippen LogP contribution in [-0.4, -0.2) is 26.9 Å². The van der Waals surface area contributed by atoms with Crippen LogP contribution in [0.4, 0.5) is 10.1 Å². The second kappa shape index (κ2) is 9.04. The predicted molar refractivity (Wildman–Crippen MR) is 119 cm³/mol. The van der Waals surface area contributed by atoms with Crippen molar-refractivity contribution in [1.82, 2.24) is 4.90 Å². The number of fused-ring (bicyclic) bond motifs is 1. The number of phenolic OH excluding ortho intramolecular Hbond substituents is 2. The molecule has 0 atom stereocenters. The molecule has 33 heavy (non-hydrogen) atoms. The second-order valence-corrected chi connectivity index (χ2v) is 7.58. The van der Waals surface area contributed by atoms with E-state index in [1.165, 1.54) is 11.0 Å². The van der Waals surface area contributed by atoms with Crippen LogP contribution in [-0.2, 0) is 24.5 Å². The van der Waals surface area contributed by atoms with E-state index in [0.717, 1.165) is 17.2 Å². The average molecular weight is 448 g/mol. The van der Waals surface area contributed by atoms with Gasteiger partial charge in [-0.1, -0.05) is 49.0 Å². The molecule has 1 aliphatic rings. The van der Waals surface area contributed by atoms with Gasteiger partial charge in [-0.05, 0) is 17.2 Å². The molecule has 1 heterocycles. The molecule has 0 aliphatic carbocycles. The molecule has 0 aromatic heterocycles. The summed E-state index contributed by atoms with van der Waals surface area (Å²) in [5, 5.41) is 22.8. The number of ether oxygens (including phenoxy) is 1. The van der Waals surface area contributed by atoms with Crippen molar-refractivity contribution in [3.05, 3.63) is 95.3 Å². The number of aromatic hydroxyl groups is 2. The smallest absolute Gasteiger partial charge is 0.283 e. The molecule has 2 amide bonds. The molecule has 8 heteroatoms. The van der Waals surface area contributed by atoms with Crippen molar-refractivity contribution in [2.24, 2.45) is 0 Å². The molecule has 3 N–H and O–H groups in total. The van der Waals surface area contributed by atoms with Gasteiger partial charge in [0.25, 0.3) is 11.8 Å². The van der Waals surface area contributed by atoms with Crippen molar-refractivity contribution >= 4 is 17.5 Å². The lowest BCUT2D eigenvalue weighted by molar-refractivity contribution is -0.114. The Morgan fingerprint density at radius 2 is 1.82 bits per heavy atom. The topological polar surface area (TPSA) is 99.1 Å². The highest BCUT2D eigenvalue weighted by Crippen LogP contribution is 2.37. The monoisotopic (exact) mass is 448 g/mol. The Hall–Kier alpha value is -4.33. The third kappa shape index (κ3) is 4.64. The number of carbonyl (C=O) groups is 2. The number of phenols is 2. The molecule has 0 spiro atoms. The number of carbonyl (C=O) groups excluding carboxylic acids is 2. The normalized spacial score (nSPS) is 12.2. The zero-order chi connectivity index (χ0) is 23.5. The van der Waals surface area contributed by atoms with Crippen LogP contribution in [0.15, 0.2) is 73.1 Å². The molecule has 3 aromatic rings. The number of anilines is 1. The molecule has 0 saturated heterocycles. The van der Waals surface area contributed by atoms with E-state index in [2.05, 4.69) is 11.9 Å². The van der Waals surface area contributed by atoms with Gasteiger partial charge >= 0.3 is 0 Å². The van der Waals surface area contributed by atoms with Crippen LogP contribution in [0.3, 0.4) is 0 Å². The quantitative estimate of drug-likeness (QED) is 0.490. The highest BCUT2D eigenvalue weighted by molar-refractivity contribution is 6.03. The largest absolute Gasteiger partial charge is 0.508 e. The Bertz CT molecular complexity index is 1240. The summed E-state index contributed by atoms with van der Waals surface area (Å²) in [6.45, 7) is 3.46. The lowest BCUT2D eigenvalue weighted by atomic mass is 10.1. The van der Waals surface area contributed by atoms with Crippen molar-refractivity contribution < 1.29 is 28.9 Å². The Morgan fingerprint density at radius 1 is 1.06 bits per heavy atom. The van der Waals surface area contributed by atoms with Gasteiger partial charge in [0.1, 0.15) is 29.4 Å². The Kier molecular flexibility index (Phi) is 5.99. The number of amides is 2. The summed E-state index contributed by atoms with van der Waals surface area (Å²) in [6.07, 6.45) is 0. The van der Waals surface area contributed by atoms with Gasteiger partial charge in [0, 0.05) is 36.5 Å². The zero-order valence-corrected chi connectivity index (χ0v) is 17.5. The summed E-state index contributed by atoms with van der Waals surface area (Å²) in [4.78, 5) is 26.5. The first kappa shape index (κ1) is 21.9. The number of hydrogen-bond donors (Lipinski definition) is 3. The van der Waals surface area contributed by atoms with Crippen LogP contribution in [0.2, 0.25) is 0 Å². The summed E-state index contributed by atoms with van der Waals surface area (Å²) < 4.78 is 18.9. The van der Waals surface area contributed by atoms with E-state index in [9.17, 15) is 24.2 Å². The highest BCUT2D eigenvalue weighted by Gasteiger charge is 2.30. The van der Waals surface area contributed by atoms with Crippen molar-refractivity contribution in [1.29, 1.82) is 0 Å². The van der Waals surface area contributed by atoms with Gasteiger partial charge in [-0.15, -0.1) is 0 Å². The fourth-order valence-corrected chi connectivity index (χ4v) is 3.68. The molecule has 0 bridgehead atoms. The zero-order valence-electron chi connectivity index (χ0n) is 17.5. The van der Waals surface area contributed by atoms with Gasteiger partial charge in [0.15, 0.2) is 5.83 Å². The maximum atomic E-state index is 13.4. The number of benzene rings is 3. The molecule has 0 saturated carbocycles.